The second-order valence-electron chi connectivity index (χ2n) is 8.08. The summed E-state index contributed by atoms with van der Waals surface area (Å²) >= 11 is 0. The highest BCUT2D eigenvalue weighted by atomic mass is 32.2. The molecule has 0 aromatic carbocycles. The van der Waals surface area contributed by atoms with E-state index in [1.807, 2.05) is 0 Å². The van der Waals surface area contributed by atoms with E-state index in [1.165, 1.54) is 31.3 Å². The number of alkyl halides is 6. The Morgan fingerprint density at radius 1 is 1.13 bits per heavy atom. The van der Waals surface area contributed by atoms with Crippen LogP contribution in [0.5, 0.6) is 0 Å². The van der Waals surface area contributed by atoms with E-state index >= 15 is 0 Å². The summed E-state index contributed by atoms with van der Waals surface area (Å²) in [6, 6.07) is 5.05. The van der Waals surface area contributed by atoms with Crippen LogP contribution in [0.1, 0.15) is 35.1 Å². The van der Waals surface area contributed by atoms with E-state index in [1.54, 1.807) is 0 Å². The van der Waals surface area contributed by atoms with Gasteiger partial charge in [-0.15, -0.1) is 0 Å². The van der Waals surface area contributed by atoms with Gasteiger partial charge in [-0.1, -0.05) is 13.0 Å². The van der Waals surface area contributed by atoms with Crippen LogP contribution < -0.4 is 10.3 Å². The molecule has 1 amide bonds. The average Bonchev–Trinajstić information content (AvgIpc) is 3.27. The molecule has 210 valence electrons. The minimum atomic E-state index is -5.70. The number of anilines is 1. The first-order valence-electron chi connectivity index (χ1n) is 11.1. The molecule has 0 spiro atoms. The van der Waals surface area contributed by atoms with Crippen LogP contribution in [0, 0.1) is 5.82 Å². The molecule has 4 rings (SSSR count). The van der Waals surface area contributed by atoms with E-state index in [2.05, 4.69) is 20.4 Å². The van der Waals surface area contributed by atoms with Crippen molar-refractivity contribution >= 4 is 33.2 Å². The van der Waals surface area contributed by atoms with Crippen molar-refractivity contribution < 1.29 is 43.9 Å². The van der Waals surface area contributed by atoms with E-state index < -0.39 is 76.1 Å². The molecule has 3 aromatic rings. The number of amidine groups is 1. The van der Waals surface area contributed by atoms with Crippen molar-refractivity contribution in [2.24, 2.45) is 5.10 Å². The molecule has 0 aliphatic carbocycles. The zero-order valence-corrected chi connectivity index (χ0v) is 20.6. The van der Waals surface area contributed by atoms with Crippen molar-refractivity contribution in [1.29, 1.82) is 0 Å². The first kappa shape index (κ1) is 28.1. The molecule has 0 saturated carbocycles. The van der Waals surface area contributed by atoms with Crippen molar-refractivity contribution in [3.8, 4) is 0 Å². The Morgan fingerprint density at radius 2 is 1.85 bits per heavy atom. The van der Waals surface area contributed by atoms with Crippen molar-refractivity contribution in [2.75, 3.05) is 18.1 Å². The van der Waals surface area contributed by atoms with Gasteiger partial charge < -0.3 is 5.32 Å². The van der Waals surface area contributed by atoms with Crippen LogP contribution in [-0.4, -0.2) is 57.4 Å². The predicted octanol–water partition coefficient (Wildman–Crippen LogP) is 3.51. The number of carbonyl (C=O) groups excluding carboxylic acids is 1. The van der Waals surface area contributed by atoms with Crippen LogP contribution in [0.15, 0.2) is 41.8 Å². The number of carbonyl (C=O) groups is 1. The van der Waals surface area contributed by atoms with Gasteiger partial charge in [0.1, 0.15) is 17.2 Å². The number of halogens is 7. The predicted molar refractivity (Wildman–Crippen MR) is 122 cm³/mol. The highest BCUT2D eigenvalue weighted by Gasteiger charge is 2.51. The number of nitrogens with one attached hydrogen (secondary N) is 1. The smallest absolute Gasteiger partial charge is 0.347 e. The molecular weight excluding hydrogens is 563 g/mol. The monoisotopic (exact) mass is 581 g/mol. The van der Waals surface area contributed by atoms with Crippen molar-refractivity contribution in [1.82, 2.24) is 24.0 Å². The minimum absolute atomic E-state index is 0.0463. The maximum atomic E-state index is 14.9. The third-order valence-corrected chi connectivity index (χ3v) is 7.09. The van der Waals surface area contributed by atoms with Gasteiger partial charge in [0.2, 0.25) is 0 Å². The fourth-order valence-corrected chi connectivity index (χ4v) is 4.79. The molecule has 0 atom stereocenters. The topological polar surface area (TPSA) is 112 Å². The lowest BCUT2D eigenvalue weighted by molar-refractivity contribution is -0.141. The summed E-state index contributed by atoms with van der Waals surface area (Å²) in [6.45, 7) is -0.187. The average molecular weight is 581 g/mol. The van der Waals surface area contributed by atoms with E-state index in [-0.39, 0.29) is 21.9 Å². The third kappa shape index (κ3) is 5.32. The molecule has 18 heteroatoms. The van der Waals surface area contributed by atoms with Gasteiger partial charge in [0.15, 0.2) is 17.3 Å². The molecule has 0 bridgehead atoms. The summed E-state index contributed by atoms with van der Waals surface area (Å²) in [5.74, 6) is -3.06. The molecule has 0 radical (unpaired) electrons. The minimum Gasteiger partial charge on any atom is -0.347 e. The van der Waals surface area contributed by atoms with Gasteiger partial charge in [-0.25, -0.2) is 23.7 Å². The van der Waals surface area contributed by atoms with Gasteiger partial charge >= 0.3 is 21.7 Å². The Kier molecular flexibility index (Phi) is 7.18. The lowest BCUT2D eigenvalue weighted by Gasteiger charge is -2.33. The number of amides is 1. The quantitative estimate of drug-likeness (QED) is 0.446. The normalized spacial score (nSPS) is 15.0. The molecule has 3 aromatic heterocycles. The maximum Gasteiger partial charge on any atom is 0.516 e. The van der Waals surface area contributed by atoms with E-state index in [0.29, 0.717) is 0 Å². The van der Waals surface area contributed by atoms with Crippen LogP contribution in [-0.2, 0) is 22.7 Å². The number of pyridine rings is 2. The standard InChI is InChI=1S/C21H18F7N7O3S/c1-2-14-32-34(7-8-35(14)39(37,38)21(26,27)28)18-13(22)9-12(10-29-18)11-30-19(36)16-17(20(23,24)25)31-15-5-3-4-6-33(15)16/h3-6,9-10H,2,7-8,11H2,1H3,(H,30,36). The molecule has 1 aliphatic heterocycles. The van der Waals surface area contributed by atoms with Gasteiger partial charge in [-0.3, -0.25) is 9.20 Å². The number of imidazole rings is 1. The number of aromatic nitrogens is 3. The Balaban J connectivity index is 1.53. The maximum absolute atomic E-state index is 14.9. The Morgan fingerprint density at radius 3 is 2.46 bits per heavy atom. The fraction of sp³-hybridized carbons (Fsp3) is 0.333. The number of sulfonamides is 1. The summed E-state index contributed by atoms with van der Waals surface area (Å²) in [7, 11) is -5.70. The molecule has 1 aliphatic rings. The second kappa shape index (κ2) is 9.97. The molecule has 0 fully saturated rings. The van der Waals surface area contributed by atoms with Crippen LogP contribution in [0.4, 0.5) is 36.6 Å². The number of hydrogen-bond donors (Lipinski definition) is 1. The van der Waals surface area contributed by atoms with Gasteiger partial charge in [-0.05, 0) is 23.8 Å². The number of hydrogen-bond acceptors (Lipinski definition) is 7. The lowest BCUT2D eigenvalue weighted by Crippen LogP contribution is -2.51. The molecule has 4 heterocycles. The zero-order valence-electron chi connectivity index (χ0n) is 19.8. The Hall–Kier alpha value is -3.96. The SMILES string of the molecule is CCC1=NN(c2ncc(CNC(=O)c3c(C(F)(F)F)nc4ccccn34)cc2F)CCN1S(=O)(=O)C(F)(F)F. The number of hydrazone groups is 1. The summed E-state index contributed by atoms with van der Waals surface area (Å²) in [6.07, 6.45) is -2.83. The summed E-state index contributed by atoms with van der Waals surface area (Å²) in [5.41, 5.74) is -7.78. The van der Waals surface area contributed by atoms with Crippen LogP contribution in [0.3, 0.4) is 0 Å². The molecule has 1 N–H and O–H groups in total. The number of nitrogens with zero attached hydrogens (tertiary/aromatic N) is 6. The molecule has 10 nitrogen and oxygen atoms in total. The van der Waals surface area contributed by atoms with Crippen LogP contribution >= 0.6 is 0 Å². The molecule has 39 heavy (non-hydrogen) atoms. The molecule has 0 saturated heterocycles. The Bertz CT molecular complexity index is 1550. The van der Waals surface area contributed by atoms with Gasteiger partial charge in [0.05, 0.1) is 13.1 Å². The summed E-state index contributed by atoms with van der Waals surface area (Å²) < 4.78 is 119. The van der Waals surface area contributed by atoms with Gasteiger partial charge in [0.25, 0.3) is 5.91 Å². The summed E-state index contributed by atoms with van der Waals surface area (Å²) in [5, 5.41) is 6.95. The summed E-state index contributed by atoms with van der Waals surface area (Å²) in [4.78, 5) is 20.0. The van der Waals surface area contributed by atoms with Crippen molar-refractivity contribution in [3.63, 3.8) is 0 Å². The number of rotatable bonds is 6. The largest absolute Gasteiger partial charge is 0.516 e. The van der Waals surface area contributed by atoms with Crippen LogP contribution in [0.2, 0.25) is 0 Å². The van der Waals surface area contributed by atoms with E-state index in [4.69, 9.17) is 0 Å². The van der Waals surface area contributed by atoms with Gasteiger partial charge in [0, 0.05) is 25.4 Å². The fourth-order valence-electron chi connectivity index (χ4n) is 3.77. The van der Waals surface area contributed by atoms with Crippen molar-refractivity contribution in [2.45, 2.75) is 31.6 Å². The highest BCUT2D eigenvalue weighted by Crippen LogP contribution is 2.32. The van der Waals surface area contributed by atoms with Crippen LogP contribution in [0.25, 0.3) is 5.65 Å². The second-order valence-corrected chi connectivity index (χ2v) is 9.94. The zero-order chi connectivity index (χ0) is 28.8. The van der Waals surface area contributed by atoms with Crippen molar-refractivity contribution in [3.05, 3.63) is 59.4 Å². The lowest BCUT2D eigenvalue weighted by atomic mass is 10.2. The third-order valence-electron chi connectivity index (χ3n) is 5.53. The van der Waals surface area contributed by atoms with E-state index in [0.717, 1.165) is 21.7 Å². The first-order valence-corrected chi connectivity index (χ1v) is 12.5. The molecule has 0 unspecified atom stereocenters. The number of fused-ring (bicyclic) bond motifs is 1. The Labute approximate surface area is 215 Å². The van der Waals surface area contributed by atoms with E-state index in [9.17, 15) is 43.9 Å². The highest BCUT2D eigenvalue weighted by molar-refractivity contribution is 7.90. The first-order chi connectivity index (χ1) is 18.1. The van der Waals surface area contributed by atoms with Gasteiger partial charge in [-0.2, -0.15) is 39.9 Å². The molecular formula is C21H18F7N7O3S.